The van der Waals surface area contributed by atoms with E-state index in [0.29, 0.717) is 44.0 Å². The lowest BCUT2D eigenvalue weighted by Gasteiger charge is -2.32. The van der Waals surface area contributed by atoms with Crippen molar-refractivity contribution in [2.75, 3.05) is 40.4 Å². The number of hydrogen-bond acceptors (Lipinski definition) is 4. The van der Waals surface area contributed by atoms with Crippen molar-refractivity contribution >= 4 is 15.9 Å². The number of hydrogen-bond donors (Lipinski definition) is 0. The summed E-state index contributed by atoms with van der Waals surface area (Å²) in [6, 6.07) is 6.90. The Balaban J connectivity index is 1.92. The van der Waals surface area contributed by atoms with E-state index < -0.39 is 10.0 Å². The van der Waals surface area contributed by atoms with Gasteiger partial charge in [-0.3, -0.25) is 4.79 Å². The topological polar surface area (TPSA) is 66.9 Å². The van der Waals surface area contributed by atoms with Gasteiger partial charge in [0.25, 0.3) is 0 Å². The van der Waals surface area contributed by atoms with E-state index in [4.69, 9.17) is 4.74 Å². The molecule has 1 aromatic rings. The van der Waals surface area contributed by atoms with E-state index >= 15 is 0 Å². The third-order valence-corrected chi connectivity index (χ3v) is 6.59. The van der Waals surface area contributed by atoms with Gasteiger partial charge in [-0.25, -0.2) is 8.42 Å². The Kier molecular flexibility index (Phi) is 6.98. The number of nitrogens with zero attached hydrogens (tertiary/aromatic N) is 2. The number of rotatable bonds is 7. The van der Waals surface area contributed by atoms with Crippen molar-refractivity contribution < 1.29 is 17.9 Å². The van der Waals surface area contributed by atoms with Crippen molar-refractivity contribution in [2.45, 2.75) is 31.1 Å². The molecule has 0 N–H and O–H groups in total. The highest BCUT2D eigenvalue weighted by molar-refractivity contribution is 7.89. The molecular weight excluding hydrogens is 340 g/mol. The first-order valence-electron chi connectivity index (χ1n) is 8.67. The Bertz CT molecular complexity index is 665. The van der Waals surface area contributed by atoms with Gasteiger partial charge in [0.05, 0.1) is 4.90 Å². The van der Waals surface area contributed by atoms with Crippen LogP contribution in [0.5, 0.6) is 0 Å². The minimum atomic E-state index is -3.47. The number of piperidine rings is 1. The van der Waals surface area contributed by atoms with Gasteiger partial charge in [0.1, 0.15) is 0 Å². The van der Waals surface area contributed by atoms with E-state index in [9.17, 15) is 13.2 Å². The van der Waals surface area contributed by atoms with Crippen LogP contribution in [0.1, 0.15) is 24.8 Å². The molecule has 1 amide bonds. The number of carbonyl (C=O) groups is 1. The van der Waals surface area contributed by atoms with Crippen molar-refractivity contribution in [3.63, 3.8) is 0 Å². The molecule has 0 radical (unpaired) electrons. The highest BCUT2D eigenvalue weighted by Crippen LogP contribution is 2.25. The van der Waals surface area contributed by atoms with E-state index in [-0.39, 0.29) is 11.8 Å². The summed E-state index contributed by atoms with van der Waals surface area (Å²) in [5, 5.41) is 0. The Hall–Kier alpha value is -1.44. The number of aryl methyl sites for hydroxylation is 1. The Morgan fingerprint density at radius 1 is 1.24 bits per heavy atom. The quantitative estimate of drug-likeness (QED) is 0.690. The third kappa shape index (κ3) is 5.03. The van der Waals surface area contributed by atoms with Crippen molar-refractivity contribution in [1.29, 1.82) is 0 Å². The first kappa shape index (κ1) is 19.9. The van der Waals surface area contributed by atoms with Crippen molar-refractivity contribution in [2.24, 2.45) is 5.92 Å². The Morgan fingerprint density at radius 3 is 2.40 bits per heavy atom. The summed E-state index contributed by atoms with van der Waals surface area (Å²) in [5.41, 5.74) is 1.03. The predicted molar refractivity (Wildman–Crippen MR) is 96.8 cm³/mol. The van der Waals surface area contributed by atoms with E-state index in [2.05, 4.69) is 0 Å². The van der Waals surface area contributed by atoms with Crippen molar-refractivity contribution in [3.05, 3.63) is 29.8 Å². The van der Waals surface area contributed by atoms with Crippen LogP contribution >= 0.6 is 0 Å². The lowest BCUT2D eigenvalue weighted by atomic mass is 9.96. The van der Waals surface area contributed by atoms with Crippen molar-refractivity contribution in [3.8, 4) is 0 Å². The number of ether oxygens (including phenoxy) is 1. The SMILES string of the molecule is COCCCN(C)C(=O)C1CCN(S(=O)(=O)c2ccc(C)cc2)CC1. The van der Waals surface area contributed by atoms with Gasteiger partial charge in [-0.1, -0.05) is 17.7 Å². The molecular formula is C18H28N2O4S. The second kappa shape index (κ2) is 8.78. The van der Waals surface area contributed by atoms with Gasteiger partial charge < -0.3 is 9.64 Å². The molecule has 0 atom stereocenters. The minimum absolute atomic E-state index is 0.1000. The summed E-state index contributed by atoms with van der Waals surface area (Å²) >= 11 is 0. The molecule has 0 bridgehead atoms. The van der Waals surface area contributed by atoms with Crippen LogP contribution in [0.3, 0.4) is 0 Å². The van der Waals surface area contributed by atoms with Gasteiger partial charge in [0, 0.05) is 46.3 Å². The fourth-order valence-corrected chi connectivity index (χ4v) is 4.54. The summed E-state index contributed by atoms with van der Waals surface area (Å²) in [6.07, 6.45) is 1.94. The molecule has 0 unspecified atom stereocenters. The smallest absolute Gasteiger partial charge is 0.243 e. The van der Waals surface area contributed by atoms with E-state index in [1.807, 2.05) is 6.92 Å². The predicted octanol–water partition coefficient (Wildman–Crippen LogP) is 1.89. The molecule has 7 heteroatoms. The Labute approximate surface area is 150 Å². The molecule has 25 heavy (non-hydrogen) atoms. The van der Waals surface area contributed by atoms with Crippen LogP contribution in [0.4, 0.5) is 0 Å². The zero-order chi connectivity index (χ0) is 18.4. The average Bonchev–Trinajstić information content (AvgIpc) is 2.61. The maximum Gasteiger partial charge on any atom is 0.243 e. The first-order valence-corrected chi connectivity index (χ1v) is 10.1. The zero-order valence-electron chi connectivity index (χ0n) is 15.3. The number of amides is 1. The molecule has 1 fully saturated rings. The summed E-state index contributed by atoms with van der Waals surface area (Å²) in [6.45, 7) is 3.99. The maximum atomic E-state index is 12.7. The highest BCUT2D eigenvalue weighted by Gasteiger charge is 2.32. The molecule has 0 spiro atoms. The lowest BCUT2D eigenvalue weighted by molar-refractivity contribution is -0.135. The molecule has 0 aromatic heterocycles. The Morgan fingerprint density at radius 2 is 1.84 bits per heavy atom. The van der Waals surface area contributed by atoms with Crippen LogP contribution in [0.2, 0.25) is 0 Å². The summed E-state index contributed by atoms with van der Waals surface area (Å²) < 4.78 is 31.9. The lowest BCUT2D eigenvalue weighted by Crippen LogP contribution is -2.43. The van der Waals surface area contributed by atoms with E-state index in [1.165, 1.54) is 4.31 Å². The number of carbonyl (C=O) groups excluding carboxylic acids is 1. The molecule has 140 valence electrons. The van der Waals surface area contributed by atoms with Gasteiger partial charge in [-0.15, -0.1) is 0 Å². The molecule has 6 nitrogen and oxygen atoms in total. The number of sulfonamides is 1. The molecule has 1 aromatic carbocycles. The minimum Gasteiger partial charge on any atom is -0.385 e. The van der Waals surface area contributed by atoms with Gasteiger partial charge >= 0.3 is 0 Å². The molecule has 0 saturated carbocycles. The largest absolute Gasteiger partial charge is 0.385 e. The second-order valence-electron chi connectivity index (χ2n) is 6.60. The number of benzene rings is 1. The first-order chi connectivity index (χ1) is 11.9. The summed E-state index contributed by atoms with van der Waals surface area (Å²) in [4.78, 5) is 14.5. The fraction of sp³-hybridized carbons (Fsp3) is 0.611. The van der Waals surface area contributed by atoms with Crippen LogP contribution in [-0.2, 0) is 19.6 Å². The van der Waals surface area contributed by atoms with Crippen LogP contribution in [0.25, 0.3) is 0 Å². The second-order valence-corrected chi connectivity index (χ2v) is 8.54. The normalized spacial score (nSPS) is 16.8. The molecule has 1 aliphatic heterocycles. The van der Waals surface area contributed by atoms with E-state index in [0.717, 1.165) is 12.0 Å². The van der Waals surface area contributed by atoms with Gasteiger partial charge in [0.2, 0.25) is 15.9 Å². The third-order valence-electron chi connectivity index (χ3n) is 4.68. The maximum absolute atomic E-state index is 12.7. The standard InChI is InChI=1S/C18H28N2O4S/c1-15-5-7-17(8-6-15)25(22,23)20-12-9-16(10-13-20)18(21)19(2)11-4-14-24-3/h5-8,16H,4,9-14H2,1-3H3. The highest BCUT2D eigenvalue weighted by atomic mass is 32.2. The molecule has 0 aliphatic carbocycles. The van der Waals surface area contributed by atoms with Crippen LogP contribution in [0, 0.1) is 12.8 Å². The van der Waals surface area contributed by atoms with Crippen LogP contribution in [0.15, 0.2) is 29.2 Å². The van der Waals surface area contributed by atoms with Crippen LogP contribution in [-0.4, -0.2) is 63.9 Å². The van der Waals surface area contributed by atoms with Crippen molar-refractivity contribution in [1.82, 2.24) is 9.21 Å². The number of methoxy groups -OCH3 is 1. The van der Waals surface area contributed by atoms with Gasteiger partial charge in [0.15, 0.2) is 0 Å². The summed E-state index contributed by atoms with van der Waals surface area (Å²) in [5.74, 6) is 0.000463. The van der Waals surface area contributed by atoms with Crippen LogP contribution < -0.4 is 0 Å². The molecule has 1 heterocycles. The van der Waals surface area contributed by atoms with Gasteiger partial charge in [-0.2, -0.15) is 4.31 Å². The molecule has 2 rings (SSSR count). The molecule has 1 saturated heterocycles. The zero-order valence-corrected chi connectivity index (χ0v) is 16.1. The summed E-state index contributed by atoms with van der Waals surface area (Å²) in [7, 11) is -0.0299. The monoisotopic (exact) mass is 368 g/mol. The molecule has 1 aliphatic rings. The fourth-order valence-electron chi connectivity index (χ4n) is 3.07. The average molecular weight is 368 g/mol. The van der Waals surface area contributed by atoms with Gasteiger partial charge in [-0.05, 0) is 38.3 Å². The van der Waals surface area contributed by atoms with E-state index in [1.54, 1.807) is 43.3 Å².